The molecule has 0 bridgehead atoms. The average Bonchev–Trinajstić information content (AvgIpc) is 2.85. The van der Waals surface area contributed by atoms with Gasteiger partial charge in [-0.15, -0.1) is 0 Å². The van der Waals surface area contributed by atoms with Crippen molar-refractivity contribution in [3.8, 4) is 0 Å². The number of anilines is 2. The van der Waals surface area contributed by atoms with Crippen LogP contribution in [0.1, 0.15) is 49.4 Å². The number of nitrogens with two attached hydrogens (primary N) is 1. The van der Waals surface area contributed by atoms with Gasteiger partial charge in [-0.25, -0.2) is 18.4 Å². The third kappa shape index (κ3) is 6.68. The number of pyridine rings is 1. The van der Waals surface area contributed by atoms with Gasteiger partial charge in [-0.05, 0) is 74.3 Å². The Balaban J connectivity index is 1.37. The topological polar surface area (TPSA) is 123 Å². The molecule has 0 amide bonds. The highest BCUT2D eigenvalue weighted by Gasteiger charge is 2.20. The van der Waals surface area contributed by atoms with Gasteiger partial charge in [0, 0.05) is 30.2 Å². The Morgan fingerprint density at radius 3 is 2.43 bits per heavy atom. The number of halogens is 1. The van der Waals surface area contributed by atoms with E-state index in [4.69, 9.17) is 17.3 Å². The van der Waals surface area contributed by atoms with Crippen molar-refractivity contribution in [3.63, 3.8) is 0 Å². The summed E-state index contributed by atoms with van der Waals surface area (Å²) in [6.07, 6.45) is 11.6. The molecule has 0 radical (unpaired) electrons. The fraction of sp³-hybridized carbons (Fsp3) is 0.400. The third-order valence-corrected chi connectivity index (χ3v) is 8.16. The first-order chi connectivity index (χ1) is 16.8. The summed E-state index contributed by atoms with van der Waals surface area (Å²) in [5, 5.41) is 3.58. The van der Waals surface area contributed by atoms with Gasteiger partial charge in [0.1, 0.15) is 4.90 Å². The van der Waals surface area contributed by atoms with E-state index in [0.29, 0.717) is 30.1 Å². The largest absolute Gasteiger partial charge is 0.351 e. The molecule has 0 aliphatic heterocycles. The fourth-order valence-corrected chi connectivity index (χ4v) is 5.82. The zero-order valence-corrected chi connectivity index (χ0v) is 21.3. The highest BCUT2D eigenvalue weighted by Crippen LogP contribution is 2.24. The molecule has 1 fully saturated rings. The van der Waals surface area contributed by atoms with Crippen molar-refractivity contribution >= 4 is 33.3 Å². The van der Waals surface area contributed by atoms with E-state index in [1.165, 1.54) is 6.07 Å². The molecule has 8 nitrogen and oxygen atoms in total. The summed E-state index contributed by atoms with van der Waals surface area (Å²) in [4.78, 5) is 13.5. The summed E-state index contributed by atoms with van der Waals surface area (Å²) >= 11 is 6.07. The van der Waals surface area contributed by atoms with Gasteiger partial charge in [0.2, 0.25) is 5.95 Å². The van der Waals surface area contributed by atoms with Gasteiger partial charge in [0.05, 0.1) is 16.9 Å². The number of benzene rings is 1. The second-order valence-corrected chi connectivity index (χ2v) is 10.9. The van der Waals surface area contributed by atoms with Gasteiger partial charge in [-0.1, -0.05) is 30.7 Å². The molecule has 1 saturated carbocycles. The maximum absolute atomic E-state index is 12.7. The number of hydrogen-bond acceptors (Lipinski definition) is 7. The standard InChI is InChI=1S/C25H31ClN6O2S/c1-2-18-13-21(32-35(33,34)24-6-4-3-5-22(24)26)16-28-23(18)12-7-17-14-29-25(30-15-17)31-20-10-8-19(27)9-11-20/h3-6,13-16,19-20,32H,2,7-12,27H2,1H3,(H,29,30,31)/t19-,20-. The predicted molar refractivity (Wildman–Crippen MR) is 139 cm³/mol. The van der Waals surface area contributed by atoms with Crippen LogP contribution >= 0.6 is 11.6 Å². The van der Waals surface area contributed by atoms with Crippen LogP contribution in [0.25, 0.3) is 0 Å². The number of rotatable bonds is 9. The molecule has 2 heterocycles. The van der Waals surface area contributed by atoms with Crippen LogP contribution in [0.15, 0.2) is 53.8 Å². The van der Waals surface area contributed by atoms with Crippen molar-refractivity contribution in [2.75, 3.05) is 10.0 Å². The lowest BCUT2D eigenvalue weighted by atomic mass is 9.92. The quantitative estimate of drug-likeness (QED) is 0.387. The molecule has 35 heavy (non-hydrogen) atoms. The number of hydrogen-bond donors (Lipinski definition) is 3. The molecule has 1 aliphatic rings. The summed E-state index contributed by atoms with van der Waals surface area (Å²) in [6.45, 7) is 2.02. The van der Waals surface area contributed by atoms with Gasteiger partial charge in [-0.2, -0.15) is 0 Å². The molecule has 1 aromatic carbocycles. The minimum Gasteiger partial charge on any atom is -0.351 e. The molecule has 4 rings (SSSR count). The summed E-state index contributed by atoms with van der Waals surface area (Å²) in [5.41, 5.74) is 9.32. The Hall–Kier alpha value is -2.75. The van der Waals surface area contributed by atoms with Crippen LogP contribution in [-0.2, 0) is 29.3 Å². The molecule has 0 saturated heterocycles. The smallest absolute Gasteiger partial charge is 0.263 e. The maximum Gasteiger partial charge on any atom is 0.263 e. The molecular weight excluding hydrogens is 484 g/mol. The van der Waals surface area contributed by atoms with Crippen molar-refractivity contribution in [3.05, 3.63) is 70.8 Å². The third-order valence-electron chi connectivity index (χ3n) is 6.28. The molecule has 2 aromatic heterocycles. The van der Waals surface area contributed by atoms with Crippen molar-refractivity contribution < 1.29 is 8.42 Å². The summed E-state index contributed by atoms with van der Waals surface area (Å²) in [5.74, 6) is 0.650. The van der Waals surface area contributed by atoms with Crippen LogP contribution in [0.2, 0.25) is 5.02 Å². The van der Waals surface area contributed by atoms with Gasteiger partial charge in [0.25, 0.3) is 10.0 Å². The SMILES string of the molecule is CCc1cc(NS(=O)(=O)c2ccccc2Cl)cnc1CCc1cnc(N[C@H]2CC[C@H](N)CC2)nc1. The zero-order valence-electron chi connectivity index (χ0n) is 19.7. The predicted octanol–water partition coefficient (Wildman–Crippen LogP) is 4.36. The average molecular weight is 515 g/mol. The number of nitrogens with one attached hydrogen (secondary N) is 2. The Labute approximate surface area is 211 Å². The van der Waals surface area contributed by atoms with Gasteiger partial charge in [-0.3, -0.25) is 9.71 Å². The summed E-state index contributed by atoms with van der Waals surface area (Å²) in [7, 11) is -3.81. The Morgan fingerprint density at radius 1 is 1.03 bits per heavy atom. The van der Waals surface area contributed by atoms with Crippen molar-refractivity contribution in [1.29, 1.82) is 0 Å². The maximum atomic E-state index is 12.7. The fourth-order valence-electron chi connectivity index (χ4n) is 4.27. The first-order valence-electron chi connectivity index (χ1n) is 11.9. The number of nitrogens with zero attached hydrogens (tertiary/aromatic N) is 3. The first kappa shape index (κ1) is 25.3. The number of sulfonamides is 1. The number of aryl methyl sites for hydroxylation is 3. The van der Waals surface area contributed by atoms with Crippen molar-refractivity contribution in [1.82, 2.24) is 15.0 Å². The second kappa shape index (κ2) is 11.3. The molecular formula is C25H31ClN6O2S. The van der Waals surface area contributed by atoms with E-state index in [-0.39, 0.29) is 9.92 Å². The summed E-state index contributed by atoms with van der Waals surface area (Å²) < 4.78 is 28.1. The Kier molecular flexibility index (Phi) is 8.20. The molecule has 4 N–H and O–H groups in total. The van der Waals surface area contributed by atoms with Crippen LogP contribution in [0.5, 0.6) is 0 Å². The molecule has 0 spiro atoms. The lowest BCUT2D eigenvalue weighted by Crippen LogP contribution is -2.33. The monoisotopic (exact) mass is 514 g/mol. The van der Waals surface area contributed by atoms with Gasteiger partial charge in [0.15, 0.2) is 0 Å². The molecule has 10 heteroatoms. The van der Waals surface area contributed by atoms with Gasteiger partial charge >= 0.3 is 0 Å². The molecule has 0 unspecified atom stereocenters. The van der Waals surface area contributed by atoms with E-state index >= 15 is 0 Å². The lowest BCUT2D eigenvalue weighted by Gasteiger charge is -2.26. The van der Waals surface area contributed by atoms with E-state index in [9.17, 15) is 8.42 Å². The van der Waals surface area contributed by atoms with E-state index in [0.717, 1.165) is 55.3 Å². The molecule has 3 aromatic rings. The van der Waals surface area contributed by atoms with Crippen LogP contribution < -0.4 is 15.8 Å². The summed E-state index contributed by atoms with van der Waals surface area (Å²) in [6, 6.07) is 8.87. The second-order valence-electron chi connectivity index (χ2n) is 8.89. The minimum atomic E-state index is -3.81. The van der Waals surface area contributed by atoms with Crippen LogP contribution in [-0.4, -0.2) is 35.5 Å². The van der Waals surface area contributed by atoms with Crippen molar-refractivity contribution in [2.45, 2.75) is 68.8 Å². The van der Waals surface area contributed by atoms with Gasteiger partial charge < -0.3 is 11.1 Å². The normalized spacial score (nSPS) is 18.3. The van der Waals surface area contributed by atoms with E-state index < -0.39 is 10.0 Å². The highest BCUT2D eigenvalue weighted by atomic mass is 35.5. The Morgan fingerprint density at radius 2 is 1.74 bits per heavy atom. The van der Waals surface area contributed by atoms with Crippen LogP contribution in [0.4, 0.5) is 11.6 Å². The lowest BCUT2D eigenvalue weighted by molar-refractivity contribution is 0.410. The Bertz CT molecular complexity index is 1250. The molecule has 186 valence electrons. The van der Waals surface area contributed by atoms with Crippen LogP contribution in [0.3, 0.4) is 0 Å². The van der Waals surface area contributed by atoms with Crippen molar-refractivity contribution in [2.24, 2.45) is 5.73 Å². The highest BCUT2D eigenvalue weighted by molar-refractivity contribution is 7.92. The zero-order chi connectivity index (χ0) is 24.8. The van der Waals surface area contributed by atoms with E-state index in [1.54, 1.807) is 24.4 Å². The van der Waals surface area contributed by atoms with E-state index in [2.05, 4.69) is 25.0 Å². The van der Waals surface area contributed by atoms with Crippen LogP contribution in [0, 0.1) is 0 Å². The van der Waals surface area contributed by atoms with E-state index in [1.807, 2.05) is 25.4 Å². The molecule has 0 atom stereocenters. The minimum absolute atomic E-state index is 0.0359. The number of aromatic nitrogens is 3. The first-order valence-corrected chi connectivity index (χ1v) is 13.8. The molecule has 1 aliphatic carbocycles.